The number of anilines is 1. The highest BCUT2D eigenvalue weighted by Gasteiger charge is 2.12. The Morgan fingerprint density at radius 1 is 1.45 bits per heavy atom. The first-order valence-electron chi connectivity index (χ1n) is 6.06. The topological polar surface area (TPSA) is 72.5 Å². The SMILES string of the molecule is CCOc1ccc(N)c(SCc2ccsc2C(=O)O)c1. The van der Waals surface area contributed by atoms with Crippen LogP contribution in [0.1, 0.15) is 22.2 Å². The molecular weight excluding hydrogens is 294 g/mol. The largest absolute Gasteiger partial charge is 0.494 e. The maximum atomic E-state index is 11.1. The molecule has 0 aliphatic carbocycles. The third-order valence-electron chi connectivity index (χ3n) is 2.62. The second-order valence-electron chi connectivity index (χ2n) is 4.00. The van der Waals surface area contributed by atoms with E-state index in [9.17, 15) is 4.79 Å². The van der Waals surface area contributed by atoms with E-state index in [0.29, 0.717) is 22.9 Å². The Labute approximate surface area is 125 Å². The number of carboxylic acid groups (broad SMARTS) is 1. The fourth-order valence-corrected chi connectivity index (χ4v) is 3.53. The zero-order chi connectivity index (χ0) is 14.5. The van der Waals surface area contributed by atoms with Crippen molar-refractivity contribution in [1.29, 1.82) is 0 Å². The summed E-state index contributed by atoms with van der Waals surface area (Å²) in [5.41, 5.74) is 7.42. The number of carbonyl (C=O) groups is 1. The zero-order valence-electron chi connectivity index (χ0n) is 11.0. The molecule has 1 heterocycles. The van der Waals surface area contributed by atoms with Gasteiger partial charge < -0.3 is 15.6 Å². The van der Waals surface area contributed by atoms with Gasteiger partial charge in [-0.3, -0.25) is 0 Å². The molecule has 0 aliphatic rings. The molecule has 0 atom stereocenters. The van der Waals surface area contributed by atoms with Crippen molar-refractivity contribution in [3.05, 3.63) is 40.1 Å². The summed E-state index contributed by atoms with van der Waals surface area (Å²) >= 11 is 2.75. The third-order valence-corrected chi connectivity index (χ3v) is 4.68. The lowest BCUT2D eigenvalue weighted by atomic mass is 10.3. The summed E-state index contributed by atoms with van der Waals surface area (Å²) in [6.07, 6.45) is 0. The molecule has 0 bridgehead atoms. The van der Waals surface area contributed by atoms with E-state index in [4.69, 9.17) is 15.6 Å². The number of benzene rings is 1. The van der Waals surface area contributed by atoms with Gasteiger partial charge in [0, 0.05) is 16.3 Å². The number of ether oxygens (including phenoxy) is 1. The number of nitrogen functional groups attached to an aromatic ring is 1. The summed E-state index contributed by atoms with van der Waals surface area (Å²) in [4.78, 5) is 12.3. The van der Waals surface area contributed by atoms with E-state index in [-0.39, 0.29) is 0 Å². The van der Waals surface area contributed by atoms with Crippen LogP contribution >= 0.6 is 23.1 Å². The molecule has 2 rings (SSSR count). The average molecular weight is 309 g/mol. The highest BCUT2D eigenvalue weighted by molar-refractivity contribution is 7.98. The number of nitrogens with two attached hydrogens (primary N) is 1. The Hall–Kier alpha value is -1.66. The molecule has 0 fully saturated rings. The molecule has 0 amide bonds. The van der Waals surface area contributed by atoms with Gasteiger partial charge in [-0.15, -0.1) is 23.1 Å². The molecule has 20 heavy (non-hydrogen) atoms. The number of aromatic carboxylic acids is 1. The first-order valence-corrected chi connectivity index (χ1v) is 7.93. The zero-order valence-corrected chi connectivity index (χ0v) is 12.6. The van der Waals surface area contributed by atoms with E-state index in [1.165, 1.54) is 23.1 Å². The van der Waals surface area contributed by atoms with Crippen LogP contribution in [0.2, 0.25) is 0 Å². The van der Waals surface area contributed by atoms with Crippen molar-refractivity contribution >= 4 is 34.8 Å². The molecule has 0 saturated carbocycles. The average Bonchev–Trinajstić information content (AvgIpc) is 2.88. The summed E-state index contributed by atoms with van der Waals surface area (Å²) in [6.45, 7) is 2.52. The van der Waals surface area contributed by atoms with Crippen molar-refractivity contribution < 1.29 is 14.6 Å². The maximum Gasteiger partial charge on any atom is 0.346 e. The van der Waals surface area contributed by atoms with Crippen molar-refractivity contribution in [2.75, 3.05) is 12.3 Å². The number of thiophene rings is 1. The molecule has 6 heteroatoms. The van der Waals surface area contributed by atoms with Crippen LogP contribution in [-0.2, 0) is 5.75 Å². The normalized spacial score (nSPS) is 10.4. The van der Waals surface area contributed by atoms with Crippen LogP contribution in [0.4, 0.5) is 5.69 Å². The van der Waals surface area contributed by atoms with Gasteiger partial charge in [-0.1, -0.05) is 0 Å². The Bertz CT molecular complexity index is 610. The molecule has 0 radical (unpaired) electrons. The van der Waals surface area contributed by atoms with E-state index in [1.807, 2.05) is 25.1 Å². The van der Waals surface area contributed by atoms with E-state index in [1.54, 1.807) is 11.4 Å². The standard InChI is InChI=1S/C14H15NO3S2/c1-2-18-10-3-4-11(15)12(7-10)20-8-9-5-6-19-13(9)14(16)17/h3-7H,2,8,15H2,1H3,(H,16,17). The molecule has 1 aromatic heterocycles. The van der Waals surface area contributed by atoms with Crippen LogP contribution in [0.3, 0.4) is 0 Å². The lowest BCUT2D eigenvalue weighted by Gasteiger charge is -2.09. The van der Waals surface area contributed by atoms with Crippen LogP contribution in [0.25, 0.3) is 0 Å². The molecule has 1 aromatic carbocycles. The minimum atomic E-state index is -0.883. The monoisotopic (exact) mass is 309 g/mol. The molecule has 0 unspecified atom stereocenters. The van der Waals surface area contributed by atoms with Crippen molar-refractivity contribution in [1.82, 2.24) is 0 Å². The van der Waals surface area contributed by atoms with E-state index < -0.39 is 5.97 Å². The van der Waals surface area contributed by atoms with Crippen molar-refractivity contribution in [2.45, 2.75) is 17.6 Å². The van der Waals surface area contributed by atoms with Gasteiger partial charge in [0.1, 0.15) is 10.6 Å². The highest BCUT2D eigenvalue weighted by Crippen LogP contribution is 2.33. The minimum Gasteiger partial charge on any atom is -0.494 e. The van der Waals surface area contributed by atoms with Crippen molar-refractivity contribution in [2.24, 2.45) is 0 Å². The van der Waals surface area contributed by atoms with Crippen LogP contribution in [0, 0.1) is 0 Å². The summed E-state index contributed by atoms with van der Waals surface area (Å²) in [5.74, 6) is 0.463. The second kappa shape index (κ2) is 6.67. The fourth-order valence-electron chi connectivity index (χ4n) is 1.69. The molecule has 0 spiro atoms. The number of hydrogen-bond donors (Lipinski definition) is 2. The van der Waals surface area contributed by atoms with Crippen LogP contribution in [-0.4, -0.2) is 17.7 Å². The molecule has 4 nitrogen and oxygen atoms in total. The molecule has 2 aromatic rings. The number of carboxylic acids is 1. The Morgan fingerprint density at radius 2 is 2.25 bits per heavy atom. The van der Waals surface area contributed by atoms with E-state index in [0.717, 1.165) is 16.2 Å². The lowest BCUT2D eigenvalue weighted by Crippen LogP contribution is -1.97. The molecule has 3 N–H and O–H groups in total. The van der Waals surface area contributed by atoms with Crippen molar-refractivity contribution in [3.8, 4) is 5.75 Å². The first kappa shape index (κ1) is 14.7. The Balaban J connectivity index is 2.12. The van der Waals surface area contributed by atoms with Gasteiger partial charge in [0.15, 0.2) is 0 Å². The molecule has 106 valence electrons. The van der Waals surface area contributed by atoms with Crippen LogP contribution in [0.15, 0.2) is 34.5 Å². The van der Waals surface area contributed by atoms with Gasteiger partial charge in [-0.25, -0.2) is 4.79 Å². The van der Waals surface area contributed by atoms with E-state index in [2.05, 4.69) is 0 Å². The van der Waals surface area contributed by atoms with Crippen LogP contribution < -0.4 is 10.5 Å². The Morgan fingerprint density at radius 3 is 2.95 bits per heavy atom. The first-order chi connectivity index (χ1) is 9.61. The number of hydrogen-bond acceptors (Lipinski definition) is 5. The predicted octanol–water partition coefficient (Wildman–Crippen LogP) is 3.72. The highest BCUT2D eigenvalue weighted by atomic mass is 32.2. The summed E-state index contributed by atoms with van der Waals surface area (Å²) in [6, 6.07) is 7.36. The summed E-state index contributed by atoms with van der Waals surface area (Å²) < 4.78 is 5.44. The van der Waals surface area contributed by atoms with Gasteiger partial charge >= 0.3 is 5.97 Å². The Kier molecular flexibility index (Phi) is 4.92. The van der Waals surface area contributed by atoms with Gasteiger partial charge in [-0.05, 0) is 42.1 Å². The lowest BCUT2D eigenvalue weighted by molar-refractivity contribution is 0.0701. The summed E-state index contributed by atoms with van der Waals surface area (Å²) in [7, 11) is 0. The smallest absolute Gasteiger partial charge is 0.346 e. The van der Waals surface area contributed by atoms with Gasteiger partial charge in [-0.2, -0.15) is 0 Å². The maximum absolute atomic E-state index is 11.1. The fraction of sp³-hybridized carbons (Fsp3) is 0.214. The molecule has 0 aliphatic heterocycles. The van der Waals surface area contributed by atoms with Crippen molar-refractivity contribution in [3.63, 3.8) is 0 Å². The van der Waals surface area contributed by atoms with Gasteiger partial charge in [0.2, 0.25) is 0 Å². The van der Waals surface area contributed by atoms with Gasteiger partial charge in [0.05, 0.1) is 6.61 Å². The predicted molar refractivity (Wildman–Crippen MR) is 82.9 cm³/mol. The van der Waals surface area contributed by atoms with Crippen LogP contribution in [0.5, 0.6) is 5.75 Å². The van der Waals surface area contributed by atoms with E-state index >= 15 is 0 Å². The third kappa shape index (κ3) is 3.46. The number of rotatable bonds is 6. The summed E-state index contributed by atoms with van der Waals surface area (Å²) in [5, 5.41) is 10.9. The quantitative estimate of drug-likeness (QED) is 0.628. The minimum absolute atomic E-state index is 0.386. The second-order valence-corrected chi connectivity index (χ2v) is 5.93. The molecule has 0 saturated heterocycles. The molecular formula is C14H15NO3S2. The number of thioether (sulfide) groups is 1. The van der Waals surface area contributed by atoms with Gasteiger partial charge in [0.25, 0.3) is 0 Å².